The summed E-state index contributed by atoms with van der Waals surface area (Å²) >= 11 is 0. The number of ketones is 1. The van der Waals surface area contributed by atoms with Crippen LogP contribution < -0.4 is 4.90 Å². The largest absolute Gasteiger partial charge is 0.383 e. The van der Waals surface area contributed by atoms with Gasteiger partial charge in [0, 0.05) is 84.1 Å². The number of methoxy groups -OCH3 is 1. The molecule has 0 saturated carbocycles. The van der Waals surface area contributed by atoms with E-state index in [4.69, 9.17) is 9.84 Å². The molecule has 210 valence electrons. The summed E-state index contributed by atoms with van der Waals surface area (Å²) in [4.78, 5) is 18.4. The van der Waals surface area contributed by atoms with Crippen LogP contribution in [0.3, 0.4) is 0 Å². The van der Waals surface area contributed by atoms with Crippen LogP contribution in [-0.2, 0) is 23.0 Å². The number of hydrogen-bond donors (Lipinski definition) is 0. The number of likely N-dealkylation sites (tertiary alicyclic amines) is 1. The molecule has 3 heterocycles. The first-order valence-electron chi connectivity index (χ1n) is 14.0. The van der Waals surface area contributed by atoms with Gasteiger partial charge in [0.1, 0.15) is 5.78 Å². The van der Waals surface area contributed by atoms with E-state index in [0.717, 1.165) is 47.8 Å². The summed E-state index contributed by atoms with van der Waals surface area (Å²) in [6, 6.07) is 18.8. The lowest BCUT2D eigenvalue weighted by atomic mass is 9.84. The van der Waals surface area contributed by atoms with E-state index >= 15 is 0 Å². The van der Waals surface area contributed by atoms with Crippen molar-refractivity contribution in [2.75, 3.05) is 52.3 Å². The Morgan fingerprint density at radius 3 is 2.60 bits per heavy atom. The number of anilines is 1. The minimum Gasteiger partial charge on any atom is -0.383 e. The van der Waals surface area contributed by atoms with Crippen molar-refractivity contribution in [3.63, 3.8) is 0 Å². The fourth-order valence-corrected chi connectivity index (χ4v) is 5.87. The van der Waals surface area contributed by atoms with Gasteiger partial charge in [0.25, 0.3) is 0 Å². The number of ether oxygens (including phenoxy) is 1. The molecule has 2 aromatic heterocycles. The minimum atomic E-state index is 0.241. The second kappa shape index (κ2) is 12.2. The van der Waals surface area contributed by atoms with Gasteiger partial charge in [-0.15, -0.1) is 0 Å². The van der Waals surface area contributed by atoms with Crippen molar-refractivity contribution in [1.29, 1.82) is 0 Å². The summed E-state index contributed by atoms with van der Waals surface area (Å²) in [7, 11) is 7.78. The first kappa shape index (κ1) is 27.8. The van der Waals surface area contributed by atoms with Crippen LogP contribution in [0.1, 0.15) is 29.2 Å². The predicted molar refractivity (Wildman–Crippen MR) is 159 cm³/mol. The molecule has 8 heteroatoms. The molecule has 4 aromatic rings. The van der Waals surface area contributed by atoms with Crippen LogP contribution in [0, 0.1) is 12.8 Å². The Bertz CT molecular complexity index is 1440. The van der Waals surface area contributed by atoms with Crippen LogP contribution in [0.25, 0.3) is 16.9 Å². The van der Waals surface area contributed by atoms with Gasteiger partial charge < -0.3 is 14.5 Å². The molecule has 1 aliphatic heterocycles. The highest BCUT2D eigenvalue weighted by Crippen LogP contribution is 2.37. The van der Waals surface area contributed by atoms with E-state index in [2.05, 4.69) is 60.2 Å². The third kappa shape index (κ3) is 6.03. The lowest BCUT2D eigenvalue weighted by molar-refractivity contribution is -0.119. The molecule has 40 heavy (non-hydrogen) atoms. The smallest absolute Gasteiger partial charge is 0.139 e. The molecule has 0 unspecified atom stereocenters. The molecule has 1 saturated heterocycles. The van der Waals surface area contributed by atoms with Gasteiger partial charge in [-0.3, -0.25) is 9.48 Å². The number of aromatic nitrogens is 4. The van der Waals surface area contributed by atoms with Crippen molar-refractivity contribution in [3.8, 4) is 16.9 Å². The highest BCUT2D eigenvalue weighted by Gasteiger charge is 2.35. The maximum Gasteiger partial charge on any atom is 0.139 e. The topological polar surface area (TPSA) is 68.4 Å². The lowest BCUT2D eigenvalue weighted by Crippen LogP contribution is -2.25. The fraction of sp³-hybridized carbons (Fsp3) is 0.406. The average molecular weight is 541 g/mol. The lowest BCUT2D eigenvalue weighted by Gasteiger charge is -2.21. The summed E-state index contributed by atoms with van der Waals surface area (Å²) in [6.07, 6.45) is 4.67. The zero-order chi connectivity index (χ0) is 28.2. The predicted octanol–water partition coefficient (Wildman–Crippen LogP) is 4.51. The van der Waals surface area contributed by atoms with Crippen LogP contribution in [0.2, 0.25) is 0 Å². The highest BCUT2D eigenvalue weighted by molar-refractivity contribution is 5.82. The molecule has 0 N–H and O–H groups in total. The number of aryl methyl sites for hydroxylation is 1. The molecular weight excluding hydrogens is 500 g/mol. The second-order valence-corrected chi connectivity index (χ2v) is 11.1. The van der Waals surface area contributed by atoms with Gasteiger partial charge >= 0.3 is 0 Å². The molecule has 2 aromatic carbocycles. The van der Waals surface area contributed by atoms with Crippen molar-refractivity contribution in [2.45, 2.75) is 25.7 Å². The molecule has 0 radical (unpaired) electrons. The zero-order valence-corrected chi connectivity index (χ0v) is 24.2. The number of Topliss-reactive ketones (excluding diaryl/α,β-unsaturated/α-hetero) is 1. The minimum absolute atomic E-state index is 0.241. The first-order chi connectivity index (χ1) is 19.3. The Labute approximate surface area is 237 Å². The Morgan fingerprint density at radius 2 is 1.90 bits per heavy atom. The first-order valence-corrected chi connectivity index (χ1v) is 14.0. The van der Waals surface area contributed by atoms with Gasteiger partial charge in [-0.1, -0.05) is 30.3 Å². The van der Waals surface area contributed by atoms with E-state index in [1.165, 1.54) is 11.3 Å². The standard InChI is InChI=1S/C32H40N6O2/c1-23-31(38(27-11-7-6-8-12-27)34-32(23)26-19-33-36(4)20-26)18-29(39)17-25-21-37(14-15-40-5)22-30(25)24-10-9-13-28(16-24)35(2)3/h6-13,16,19-20,25,30H,14-15,17-18,21-22H2,1-5H3/t25-,30+/m1/s1. The van der Waals surface area contributed by atoms with E-state index in [9.17, 15) is 4.79 Å². The summed E-state index contributed by atoms with van der Waals surface area (Å²) in [5.74, 6) is 0.782. The van der Waals surface area contributed by atoms with Crippen LogP contribution in [0.4, 0.5) is 5.69 Å². The maximum absolute atomic E-state index is 13.8. The Kier molecular flexibility index (Phi) is 8.47. The van der Waals surface area contributed by atoms with E-state index in [1.54, 1.807) is 11.8 Å². The van der Waals surface area contributed by atoms with Crippen molar-refractivity contribution in [2.24, 2.45) is 13.0 Å². The number of rotatable bonds is 11. The van der Waals surface area contributed by atoms with Crippen LogP contribution in [-0.4, -0.2) is 77.7 Å². The van der Waals surface area contributed by atoms with E-state index in [1.807, 2.05) is 54.5 Å². The van der Waals surface area contributed by atoms with Crippen molar-refractivity contribution in [1.82, 2.24) is 24.5 Å². The molecule has 0 bridgehead atoms. The van der Waals surface area contributed by atoms with Gasteiger partial charge in [-0.2, -0.15) is 10.2 Å². The Morgan fingerprint density at radius 1 is 1.10 bits per heavy atom. The molecule has 1 fully saturated rings. The van der Waals surface area contributed by atoms with Crippen LogP contribution in [0.15, 0.2) is 67.0 Å². The van der Waals surface area contributed by atoms with Crippen molar-refractivity contribution >= 4 is 11.5 Å². The molecule has 1 aliphatic rings. The van der Waals surface area contributed by atoms with E-state index in [-0.39, 0.29) is 11.7 Å². The molecule has 0 aliphatic carbocycles. The van der Waals surface area contributed by atoms with Gasteiger partial charge in [0.2, 0.25) is 0 Å². The van der Waals surface area contributed by atoms with Gasteiger partial charge in [0.05, 0.1) is 29.9 Å². The summed E-state index contributed by atoms with van der Waals surface area (Å²) < 4.78 is 9.09. The number of hydrogen-bond acceptors (Lipinski definition) is 6. The molecule has 8 nitrogen and oxygen atoms in total. The summed E-state index contributed by atoms with van der Waals surface area (Å²) in [5, 5.41) is 9.31. The average Bonchev–Trinajstić information content (AvgIpc) is 3.65. The van der Waals surface area contributed by atoms with Gasteiger partial charge in [-0.25, -0.2) is 4.68 Å². The second-order valence-electron chi connectivity index (χ2n) is 11.1. The van der Waals surface area contributed by atoms with Crippen molar-refractivity contribution in [3.05, 3.63) is 83.8 Å². The van der Waals surface area contributed by atoms with Gasteiger partial charge in [-0.05, 0) is 48.2 Å². The van der Waals surface area contributed by atoms with E-state index in [0.29, 0.717) is 25.4 Å². The third-order valence-corrected chi connectivity index (χ3v) is 8.02. The van der Waals surface area contributed by atoms with Gasteiger partial charge in [0.15, 0.2) is 0 Å². The number of carbonyl (C=O) groups is 1. The number of benzene rings is 2. The normalized spacial score (nSPS) is 17.4. The molecule has 2 atom stereocenters. The molecule has 5 rings (SSSR count). The number of nitrogens with zero attached hydrogens (tertiary/aromatic N) is 6. The third-order valence-electron chi connectivity index (χ3n) is 8.02. The SMILES string of the molecule is COCCN1C[C@@H](CC(=O)Cc2c(C)c(-c3cnn(C)c3)nn2-c2ccccc2)[C@H](c2cccc(N(C)C)c2)C1. The van der Waals surface area contributed by atoms with Crippen LogP contribution >= 0.6 is 0 Å². The quantitative estimate of drug-likeness (QED) is 0.279. The maximum atomic E-state index is 13.8. The highest BCUT2D eigenvalue weighted by atomic mass is 16.5. The number of carbonyl (C=O) groups excluding carboxylic acids is 1. The molecule has 0 spiro atoms. The zero-order valence-electron chi connectivity index (χ0n) is 24.2. The Balaban J connectivity index is 1.42. The molecular formula is C32H40N6O2. The van der Waals surface area contributed by atoms with Crippen molar-refractivity contribution < 1.29 is 9.53 Å². The molecule has 0 amide bonds. The summed E-state index contributed by atoms with van der Waals surface area (Å²) in [5.41, 5.74) is 7.22. The summed E-state index contributed by atoms with van der Waals surface area (Å²) in [6.45, 7) is 5.46. The monoisotopic (exact) mass is 540 g/mol. The Hall–Kier alpha value is -3.75. The van der Waals surface area contributed by atoms with E-state index < -0.39 is 0 Å². The van der Waals surface area contributed by atoms with Crippen LogP contribution in [0.5, 0.6) is 0 Å². The fourth-order valence-electron chi connectivity index (χ4n) is 5.87. The number of para-hydroxylation sites is 1.